The molecule has 1 unspecified atom stereocenters. The average Bonchev–Trinajstić information content (AvgIpc) is 3.50. The van der Waals surface area contributed by atoms with Gasteiger partial charge < -0.3 is 14.1 Å². The zero-order chi connectivity index (χ0) is 20.2. The summed E-state index contributed by atoms with van der Waals surface area (Å²) >= 11 is 2.79. The van der Waals surface area contributed by atoms with E-state index in [4.69, 9.17) is 9.15 Å². The summed E-state index contributed by atoms with van der Waals surface area (Å²) in [7, 11) is 0. The van der Waals surface area contributed by atoms with Gasteiger partial charge in [-0.2, -0.15) is 5.10 Å². The van der Waals surface area contributed by atoms with E-state index in [9.17, 15) is 14.4 Å². The molecule has 4 heterocycles. The molecule has 2 aliphatic rings. The standard InChI is InChI=1S/C19H19N3O5S2/c23-17(12-27-18(24)5-6-21-7-10-29-19(21)25)22-14(15-3-1-8-26-15)11-13(20-22)16-4-2-9-28-16/h1-4,8-9,14H,5-7,10-12H2. The van der Waals surface area contributed by atoms with Gasteiger partial charge >= 0.3 is 5.97 Å². The van der Waals surface area contributed by atoms with Crippen LogP contribution in [0.3, 0.4) is 0 Å². The zero-order valence-electron chi connectivity index (χ0n) is 15.5. The van der Waals surface area contributed by atoms with Crippen LogP contribution in [-0.4, -0.2) is 58.2 Å². The quantitative estimate of drug-likeness (QED) is 0.623. The average molecular weight is 434 g/mol. The summed E-state index contributed by atoms with van der Waals surface area (Å²) in [5.74, 6) is 0.434. The van der Waals surface area contributed by atoms with Gasteiger partial charge in [-0.05, 0) is 23.6 Å². The van der Waals surface area contributed by atoms with Crippen molar-refractivity contribution in [3.8, 4) is 0 Å². The number of thioether (sulfide) groups is 1. The predicted molar refractivity (Wildman–Crippen MR) is 109 cm³/mol. The minimum Gasteiger partial charge on any atom is -0.467 e. The molecule has 0 spiro atoms. The highest BCUT2D eigenvalue weighted by Crippen LogP contribution is 2.34. The molecule has 0 aromatic carbocycles. The third-order valence-corrected chi connectivity index (χ3v) is 6.44. The van der Waals surface area contributed by atoms with Crippen molar-refractivity contribution in [3.05, 3.63) is 46.5 Å². The van der Waals surface area contributed by atoms with Crippen molar-refractivity contribution in [2.75, 3.05) is 25.4 Å². The Balaban J connectivity index is 1.36. The zero-order valence-corrected chi connectivity index (χ0v) is 17.1. The number of carbonyl (C=O) groups excluding carboxylic acids is 3. The summed E-state index contributed by atoms with van der Waals surface area (Å²) < 4.78 is 10.6. The van der Waals surface area contributed by atoms with Gasteiger partial charge in [-0.15, -0.1) is 11.3 Å². The topological polar surface area (TPSA) is 92.4 Å². The highest BCUT2D eigenvalue weighted by Gasteiger charge is 2.35. The number of hydrogen-bond donors (Lipinski definition) is 0. The minimum absolute atomic E-state index is 0.0253. The van der Waals surface area contributed by atoms with Gasteiger partial charge in [0.05, 0.1) is 23.3 Å². The highest BCUT2D eigenvalue weighted by atomic mass is 32.2. The lowest BCUT2D eigenvalue weighted by Crippen LogP contribution is -2.32. The molecule has 1 fully saturated rings. The molecule has 152 valence electrons. The smallest absolute Gasteiger partial charge is 0.308 e. The van der Waals surface area contributed by atoms with E-state index in [1.807, 2.05) is 17.5 Å². The second-order valence-corrected chi connectivity index (χ2v) is 8.50. The fourth-order valence-electron chi connectivity index (χ4n) is 3.17. The van der Waals surface area contributed by atoms with E-state index in [0.29, 0.717) is 25.3 Å². The van der Waals surface area contributed by atoms with Gasteiger partial charge in [0, 0.05) is 25.3 Å². The molecular weight excluding hydrogens is 414 g/mol. The van der Waals surface area contributed by atoms with E-state index in [1.165, 1.54) is 16.8 Å². The molecule has 0 N–H and O–H groups in total. The van der Waals surface area contributed by atoms with Crippen LogP contribution >= 0.6 is 23.1 Å². The molecular formula is C19H19N3O5S2. The third-order valence-electron chi connectivity index (χ3n) is 4.63. The van der Waals surface area contributed by atoms with Gasteiger partial charge in [0.15, 0.2) is 6.61 Å². The van der Waals surface area contributed by atoms with Crippen LogP contribution in [0.4, 0.5) is 4.79 Å². The first-order valence-corrected chi connectivity index (χ1v) is 11.0. The minimum atomic E-state index is -0.515. The largest absolute Gasteiger partial charge is 0.467 e. The molecule has 0 bridgehead atoms. The van der Waals surface area contributed by atoms with Crippen molar-refractivity contribution in [1.82, 2.24) is 9.91 Å². The van der Waals surface area contributed by atoms with E-state index in [2.05, 4.69) is 5.10 Å². The molecule has 2 aromatic heterocycles. The Morgan fingerprint density at radius 2 is 2.21 bits per heavy atom. The van der Waals surface area contributed by atoms with Gasteiger partial charge in [0.2, 0.25) is 0 Å². The van der Waals surface area contributed by atoms with Crippen LogP contribution in [0.15, 0.2) is 45.4 Å². The van der Waals surface area contributed by atoms with E-state index in [-0.39, 0.29) is 17.7 Å². The van der Waals surface area contributed by atoms with Crippen LogP contribution in [-0.2, 0) is 14.3 Å². The number of hydrazone groups is 1. The number of nitrogens with zero attached hydrogens (tertiary/aromatic N) is 3. The van der Waals surface area contributed by atoms with Gasteiger partial charge in [-0.3, -0.25) is 14.4 Å². The van der Waals surface area contributed by atoms with E-state index < -0.39 is 18.5 Å². The number of esters is 1. The number of thiophene rings is 1. The lowest BCUT2D eigenvalue weighted by atomic mass is 10.1. The van der Waals surface area contributed by atoms with E-state index >= 15 is 0 Å². The van der Waals surface area contributed by atoms with Crippen molar-refractivity contribution < 1.29 is 23.5 Å². The van der Waals surface area contributed by atoms with Crippen LogP contribution in [0.1, 0.15) is 29.5 Å². The maximum absolute atomic E-state index is 12.7. The molecule has 1 saturated heterocycles. The first-order chi connectivity index (χ1) is 14.1. The number of ether oxygens (including phenoxy) is 1. The normalized spacial score (nSPS) is 19.0. The maximum Gasteiger partial charge on any atom is 0.308 e. The molecule has 29 heavy (non-hydrogen) atoms. The monoisotopic (exact) mass is 433 g/mol. The molecule has 2 amide bonds. The first-order valence-electron chi connectivity index (χ1n) is 9.16. The Hall–Kier alpha value is -2.59. The summed E-state index contributed by atoms with van der Waals surface area (Å²) in [6.45, 7) is 0.534. The van der Waals surface area contributed by atoms with Crippen molar-refractivity contribution in [3.63, 3.8) is 0 Å². The Morgan fingerprint density at radius 1 is 1.31 bits per heavy atom. The number of furan rings is 1. The molecule has 0 aliphatic carbocycles. The fourth-order valence-corrected chi connectivity index (χ4v) is 4.74. The van der Waals surface area contributed by atoms with Crippen LogP contribution in [0.25, 0.3) is 0 Å². The summed E-state index contributed by atoms with van der Waals surface area (Å²) in [6, 6.07) is 7.08. The van der Waals surface area contributed by atoms with Crippen molar-refractivity contribution >= 4 is 45.9 Å². The molecule has 0 radical (unpaired) electrons. The number of amides is 2. The van der Waals surface area contributed by atoms with E-state index in [0.717, 1.165) is 16.3 Å². The summed E-state index contributed by atoms with van der Waals surface area (Å²) in [5, 5.41) is 7.73. The van der Waals surface area contributed by atoms with Crippen molar-refractivity contribution in [2.45, 2.75) is 18.9 Å². The molecule has 1 atom stereocenters. The first kappa shape index (κ1) is 19.7. The summed E-state index contributed by atoms with van der Waals surface area (Å²) in [6.07, 6.45) is 2.15. The number of rotatable bonds is 7. The van der Waals surface area contributed by atoms with Gasteiger partial charge in [0.1, 0.15) is 11.8 Å². The van der Waals surface area contributed by atoms with Crippen LogP contribution in [0.5, 0.6) is 0 Å². The van der Waals surface area contributed by atoms with Gasteiger partial charge in [-0.25, -0.2) is 5.01 Å². The molecule has 8 nitrogen and oxygen atoms in total. The lowest BCUT2D eigenvalue weighted by Gasteiger charge is -2.20. The van der Waals surface area contributed by atoms with Crippen LogP contribution in [0, 0.1) is 0 Å². The number of carbonyl (C=O) groups is 3. The Labute approximate surface area is 175 Å². The Bertz CT molecular complexity index is 910. The van der Waals surface area contributed by atoms with Gasteiger partial charge in [-0.1, -0.05) is 17.8 Å². The molecule has 4 rings (SSSR count). The molecule has 2 aromatic rings. The van der Waals surface area contributed by atoms with E-state index in [1.54, 1.807) is 34.6 Å². The van der Waals surface area contributed by atoms with Gasteiger partial charge in [0.25, 0.3) is 11.1 Å². The van der Waals surface area contributed by atoms with Crippen LogP contribution < -0.4 is 0 Å². The molecule has 2 aliphatic heterocycles. The molecule has 10 heteroatoms. The third kappa shape index (κ3) is 4.54. The lowest BCUT2D eigenvalue weighted by molar-refractivity contribution is -0.153. The second-order valence-electron chi connectivity index (χ2n) is 6.51. The van der Waals surface area contributed by atoms with Crippen molar-refractivity contribution in [2.24, 2.45) is 5.10 Å². The summed E-state index contributed by atoms with van der Waals surface area (Å²) in [4.78, 5) is 38.9. The van der Waals surface area contributed by atoms with Crippen LogP contribution in [0.2, 0.25) is 0 Å². The predicted octanol–water partition coefficient (Wildman–Crippen LogP) is 3.12. The highest BCUT2D eigenvalue weighted by molar-refractivity contribution is 8.13. The Kier molecular flexibility index (Phi) is 6.00. The van der Waals surface area contributed by atoms with Crippen molar-refractivity contribution in [1.29, 1.82) is 0 Å². The molecule has 0 saturated carbocycles. The SMILES string of the molecule is O=C(CCN1CCSC1=O)OCC(=O)N1N=C(c2cccs2)CC1c1ccco1. The number of hydrogen-bond acceptors (Lipinski definition) is 8. The second kappa shape index (κ2) is 8.83. The summed E-state index contributed by atoms with van der Waals surface area (Å²) in [5.41, 5.74) is 0.797. The Morgan fingerprint density at radius 3 is 2.90 bits per heavy atom. The maximum atomic E-state index is 12.7. The fraction of sp³-hybridized carbons (Fsp3) is 0.368.